The number of epoxide rings is 1. The molecule has 16 heteroatoms. The number of rotatable bonds is 5. The summed E-state index contributed by atoms with van der Waals surface area (Å²) in [6.45, 7) is 6.98. The standard InChI is InChI=1S/C36H45ClN4O11/c1-19-9-8-10-28(49-7)36(45)18-27(50-34(44)39-36)21(3)32-35(4,52-32)29(51-33(43)38-23-11-12-24(41(46)47)20(2)14-23)17-30(42)40(5)25-15-22(13-19)16-26(48-6)31(25)37/h8-12,14-16,21,27-29,32,34,39,44-45H,13,17-18H2,1-7H3,(H,38,43)/b10-8+,19-9+/t21-,27+,28-,29+,32+,34?,35+,36+/m1/s1. The number of nitrogens with one attached hydrogen (secondary N) is 2. The summed E-state index contributed by atoms with van der Waals surface area (Å²) in [4.78, 5) is 39.6. The maximum atomic E-state index is 14.0. The molecule has 15 nitrogen and oxygen atoms in total. The second kappa shape index (κ2) is 15.5. The van der Waals surface area contributed by atoms with Crippen molar-refractivity contribution in [3.05, 3.63) is 80.4 Å². The Morgan fingerprint density at radius 3 is 2.62 bits per heavy atom. The topological polar surface area (TPSA) is 194 Å². The second-order valence-corrected chi connectivity index (χ2v) is 14.1. The van der Waals surface area contributed by atoms with Crippen molar-refractivity contribution in [3.63, 3.8) is 0 Å². The largest absolute Gasteiger partial charge is 0.495 e. The summed E-state index contributed by atoms with van der Waals surface area (Å²) in [5.41, 5.74) is -0.393. The van der Waals surface area contributed by atoms with Gasteiger partial charge in [0.2, 0.25) is 12.3 Å². The Hall–Kier alpha value is -4.09. The van der Waals surface area contributed by atoms with Crippen molar-refractivity contribution in [3.8, 4) is 5.75 Å². The predicted octanol–water partition coefficient (Wildman–Crippen LogP) is 4.75. The van der Waals surface area contributed by atoms with Crippen molar-refractivity contribution in [2.24, 2.45) is 5.92 Å². The molecular weight excluding hydrogens is 700 g/mol. The van der Waals surface area contributed by atoms with Crippen LogP contribution in [0.15, 0.2) is 54.1 Å². The summed E-state index contributed by atoms with van der Waals surface area (Å²) in [6, 6.07) is 7.65. The van der Waals surface area contributed by atoms with Crippen LogP contribution >= 0.6 is 11.6 Å². The van der Waals surface area contributed by atoms with Gasteiger partial charge in [0, 0.05) is 43.8 Å². The van der Waals surface area contributed by atoms with Gasteiger partial charge in [-0.15, -0.1) is 0 Å². The van der Waals surface area contributed by atoms with E-state index < -0.39 is 65.0 Å². The lowest BCUT2D eigenvalue weighted by molar-refractivity contribution is -0.385. The fourth-order valence-electron chi connectivity index (χ4n) is 6.93. The molecule has 0 aromatic heterocycles. The fraction of sp³-hybridized carbons (Fsp3) is 0.500. The molecule has 0 spiro atoms. The number of anilines is 2. The van der Waals surface area contributed by atoms with E-state index in [-0.39, 0.29) is 29.2 Å². The molecule has 4 bridgehead atoms. The summed E-state index contributed by atoms with van der Waals surface area (Å²) in [5.74, 6) is -0.584. The molecule has 2 aromatic carbocycles. The Morgan fingerprint density at radius 2 is 1.96 bits per heavy atom. The van der Waals surface area contributed by atoms with Gasteiger partial charge in [-0.1, -0.05) is 42.3 Å². The van der Waals surface area contributed by atoms with E-state index in [0.717, 1.165) is 11.1 Å². The molecule has 0 saturated carbocycles. The van der Waals surface area contributed by atoms with Crippen molar-refractivity contribution in [2.75, 3.05) is 31.5 Å². The molecule has 52 heavy (non-hydrogen) atoms. The van der Waals surface area contributed by atoms with E-state index in [4.69, 9.17) is 35.3 Å². The minimum absolute atomic E-state index is 0.00991. The SMILES string of the molecule is COc1cc2cc(c1Cl)N(C)C(=O)C[C@H](OC(=O)Nc1ccc([N+](=O)[O-])c(C)c1)[C@]1(C)O[C@H]1[C@H](C)[C@@H]1C[C@@](O)(NC(O)O1)[C@H](OC)/C=C/C=C(\C)C2. The number of aliphatic hydroxyl groups is 2. The number of amides is 2. The van der Waals surface area contributed by atoms with E-state index in [2.05, 4.69) is 10.6 Å². The quantitative estimate of drug-likeness (QED) is 0.187. The van der Waals surface area contributed by atoms with Crippen LogP contribution in [-0.2, 0) is 30.2 Å². The number of carbonyl (C=O) groups excluding carboxylic acids is 2. The van der Waals surface area contributed by atoms with E-state index in [9.17, 15) is 29.9 Å². The van der Waals surface area contributed by atoms with Gasteiger partial charge in [0.1, 0.15) is 28.6 Å². The lowest BCUT2D eigenvalue weighted by Crippen LogP contribution is -2.65. The van der Waals surface area contributed by atoms with Gasteiger partial charge >= 0.3 is 6.09 Å². The minimum atomic E-state index is -1.74. The second-order valence-electron chi connectivity index (χ2n) is 13.7. The van der Waals surface area contributed by atoms with Gasteiger partial charge in [0.05, 0.1) is 36.3 Å². The van der Waals surface area contributed by atoms with Gasteiger partial charge in [0.15, 0.2) is 5.72 Å². The third-order valence-corrected chi connectivity index (χ3v) is 10.3. The zero-order chi connectivity index (χ0) is 38.1. The predicted molar refractivity (Wildman–Crippen MR) is 191 cm³/mol. The number of allylic oxidation sites excluding steroid dienone is 3. The maximum absolute atomic E-state index is 14.0. The van der Waals surface area contributed by atoms with Crippen LogP contribution in [0.25, 0.3) is 0 Å². The van der Waals surface area contributed by atoms with Crippen LogP contribution in [0.4, 0.5) is 21.9 Å². The first-order valence-corrected chi connectivity index (χ1v) is 17.1. The number of nitro groups is 1. The van der Waals surface area contributed by atoms with Gasteiger partial charge in [-0.25, -0.2) is 10.1 Å². The van der Waals surface area contributed by atoms with Crippen LogP contribution < -0.4 is 20.3 Å². The number of ether oxygens (including phenoxy) is 5. The fourth-order valence-corrected chi connectivity index (χ4v) is 7.24. The van der Waals surface area contributed by atoms with E-state index in [1.54, 1.807) is 45.2 Å². The first-order chi connectivity index (χ1) is 24.5. The highest BCUT2D eigenvalue weighted by atomic mass is 35.5. The first kappa shape index (κ1) is 39.1. The van der Waals surface area contributed by atoms with E-state index in [1.165, 1.54) is 37.3 Å². The van der Waals surface area contributed by atoms with Crippen LogP contribution in [0.1, 0.15) is 44.7 Å². The number of halogens is 1. The lowest BCUT2D eigenvalue weighted by atomic mass is 9.83. The number of methoxy groups -OCH3 is 2. The number of aliphatic hydroxyl groups excluding tert-OH is 1. The van der Waals surface area contributed by atoms with Gasteiger partial charge in [-0.05, 0) is 57.0 Å². The molecule has 3 aliphatic heterocycles. The van der Waals surface area contributed by atoms with Crippen LogP contribution in [0.5, 0.6) is 5.75 Å². The Bertz CT molecular complexity index is 1770. The van der Waals surface area contributed by atoms with Crippen molar-refractivity contribution < 1.29 is 48.4 Å². The molecule has 3 aliphatic rings. The van der Waals surface area contributed by atoms with Gasteiger partial charge in [-0.2, -0.15) is 0 Å². The highest BCUT2D eigenvalue weighted by molar-refractivity contribution is 6.35. The summed E-state index contributed by atoms with van der Waals surface area (Å²) in [7, 11) is 4.48. The number of benzene rings is 2. The van der Waals surface area contributed by atoms with E-state index >= 15 is 0 Å². The maximum Gasteiger partial charge on any atom is 0.412 e. The molecule has 4 N–H and O–H groups in total. The van der Waals surface area contributed by atoms with Crippen LogP contribution in [0, 0.1) is 23.0 Å². The minimum Gasteiger partial charge on any atom is -0.495 e. The summed E-state index contributed by atoms with van der Waals surface area (Å²) in [5, 5.41) is 39.2. The molecule has 2 amide bonds. The van der Waals surface area contributed by atoms with Crippen molar-refractivity contribution in [1.82, 2.24) is 5.32 Å². The summed E-state index contributed by atoms with van der Waals surface area (Å²) < 4.78 is 29.2. The van der Waals surface area contributed by atoms with Gasteiger partial charge in [-0.3, -0.25) is 20.2 Å². The average Bonchev–Trinajstić information content (AvgIpc) is 3.77. The number of aryl methyl sites for hydroxylation is 1. The number of nitro benzene ring substituents is 1. The average molecular weight is 745 g/mol. The molecule has 5 rings (SSSR count). The molecule has 282 valence electrons. The summed E-state index contributed by atoms with van der Waals surface area (Å²) >= 11 is 6.73. The molecule has 2 saturated heterocycles. The van der Waals surface area contributed by atoms with Crippen molar-refractivity contribution in [1.29, 1.82) is 0 Å². The molecule has 3 heterocycles. The highest BCUT2D eigenvalue weighted by Gasteiger charge is 2.64. The normalized spacial score (nSPS) is 32.5. The number of fused-ring (bicyclic) bond motifs is 5. The van der Waals surface area contributed by atoms with Gasteiger partial charge < -0.3 is 38.8 Å². The Labute approximate surface area is 306 Å². The molecule has 0 aliphatic carbocycles. The number of hydrogen-bond donors (Lipinski definition) is 4. The molecule has 8 atom stereocenters. The zero-order valence-corrected chi connectivity index (χ0v) is 30.8. The van der Waals surface area contributed by atoms with Crippen molar-refractivity contribution >= 4 is 40.7 Å². The first-order valence-electron chi connectivity index (χ1n) is 16.7. The van der Waals surface area contributed by atoms with Crippen LogP contribution in [0.2, 0.25) is 5.02 Å². The third-order valence-electron chi connectivity index (χ3n) is 9.94. The monoisotopic (exact) mass is 744 g/mol. The summed E-state index contributed by atoms with van der Waals surface area (Å²) in [6.07, 6.45) is -0.517. The molecule has 1 unspecified atom stereocenters. The van der Waals surface area contributed by atoms with Crippen LogP contribution in [-0.4, -0.2) is 90.6 Å². The molecule has 2 fully saturated rings. The van der Waals surface area contributed by atoms with Crippen LogP contribution in [0.3, 0.4) is 0 Å². The van der Waals surface area contributed by atoms with E-state index in [0.29, 0.717) is 23.4 Å². The zero-order valence-electron chi connectivity index (χ0n) is 30.0. The van der Waals surface area contributed by atoms with Gasteiger partial charge in [0.25, 0.3) is 5.69 Å². The Balaban J connectivity index is 1.53. The molecular formula is C36H45ClN4O11. The smallest absolute Gasteiger partial charge is 0.412 e. The molecule has 0 radical (unpaired) electrons. The number of carbonyl (C=O) groups is 2. The molecule has 2 aromatic rings. The third kappa shape index (κ3) is 8.26. The Morgan fingerprint density at radius 1 is 1.23 bits per heavy atom. The highest BCUT2D eigenvalue weighted by Crippen LogP contribution is 2.49. The Kier molecular flexibility index (Phi) is 11.7. The van der Waals surface area contributed by atoms with E-state index in [1.807, 2.05) is 19.9 Å². The number of nitrogens with zero attached hydrogens (tertiary/aromatic N) is 2. The number of hydrogen-bond acceptors (Lipinski definition) is 12. The van der Waals surface area contributed by atoms with Crippen molar-refractivity contribution in [2.45, 2.75) is 89.1 Å². The lowest BCUT2D eigenvalue weighted by Gasteiger charge is -2.44.